The summed E-state index contributed by atoms with van der Waals surface area (Å²) in [4.78, 5) is 28.6. The lowest BCUT2D eigenvalue weighted by atomic mass is 9.78. The lowest BCUT2D eigenvalue weighted by Gasteiger charge is -2.39. The molecule has 2 saturated heterocycles. The third-order valence-corrected chi connectivity index (χ3v) is 7.06. The number of para-hydroxylation sites is 1. The van der Waals surface area contributed by atoms with Crippen LogP contribution >= 0.6 is 0 Å². The minimum atomic E-state index is 0.157. The Morgan fingerprint density at radius 3 is 2.32 bits per heavy atom. The molecule has 3 fully saturated rings. The number of hydrogen-bond donors (Lipinski definition) is 0. The molecule has 1 aliphatic carbocycles. The van der Waals surface area contributed by atoms with E-state index >= 15 is 0 Å². The van der Waals surface area contributed by atoms with E-state index in [1.54, 1.807) is 6.92 Å². The smallest absolute Gasteiger partial charge is 0.225 e. The van der Waals surface area contributed by atoms with Gasteiger partial charge in [0.05, 0.1) is 6.61 Å². The number of rotatable bonds is 5. The van der Waals surface area contributed by atoms with E-state index in [1.807, 2.05) is 35.2 Å². The molecular weight excluding hydrogens is 352 g/mol. The van der Waals surface area contributed by atoms with Gasteiger partial charge in [-0.25, -0.2) is 0 Å². The second-order valence-electron chi connectivity index (χ2n) is 8.76. The Hall–Kier alpha value is -2.04. The molecule has 0 bridgehead atoms. The van der Waals surface area contributed by atoms with E-state index in [-0.39, 0.29) is 5.91 Å². The zero-order valence-corrected chi connectivity index (χ0v) is 16.9. The van der Waals surface area contributed by atoms with Crippen LogP contribution in [-0.2, 0) is 9.59 Å². The predicted octanol–water partition coefficient (Wildman–Crippen LogP) is 3.20. The van der Waals surface area contributed by atoms with Crippen molar-refractivity contribution >= 4 is 11.8 Å². The number of amides is 2. The number of carbonyl (C=O) groups is 2. The van der Waals surface area contributed by atoms with Crippen molar-refractivity contribution in [2.24, 2.45) is 23.7 Å². The molecule has 2 aliphatic heterocycles. The number of hydrogen-bond acceptors (Lipinski definition) is 3. The van der Waals surface area contributed by atoms with Gasteiger partial charge in [0.1, 0.15) is 5.75 Å². The quantitative estimate of drug-likeness (QED) is 0.783. The number of carbonyl (C=O) groups excluding carboxylic acids is 2. The lowest BCUT2D eigenvalue weighted by Crippen LogP contribution is -2.45. The van der Waals surface area contributed by atoms with Crippen LogP contribution in [0.15, 0.2) is 30.3 Å². The van der Waals surface area contributed by atoms with Gasteiger partial charge in [0.2, 0.25) is 11.8 Å². The summed E-state index contributed by atoms with van der Waals surface area (Å²) < 4.78 is 6.05. The standard InChI is InChI=1S/C23H32N2O3/c1-17(26)25-14-20(16-28-21-8-3-2-4-9-21)22(15-25)18-10-12-24(13-11-18)23(27)19-6-5-7-19/h2-4,8-9,18-20,22H,5-7,10-16H2,1H3/t20-,22-/m0/s1. The average Bonchev–Trinajstić information content (AvgIpc) is 3.10. The van der Waals surface area contributed by atoms with Gasteiger partial charge in [-0.2, -0.15) is 0 Å². The summed E-state index contributed by atoms with van der Waals surface area (Å²) in [6, 6.07) is 9.92. The molecule has 1 saturated carbocycles. The normalized spacial score (nSPS) is 26.2. The van der Waals surface area contributed by atoms with Crippen molar-refractivity contribution < 1.29 is 14.3 Å². The molecule has 0 unspecified atom stereocenters. The Kier molecular flexibility index (Phi) is 5.88. The second kappa shape index (κ2) is 8.54. The molecule has 5 nitrogen and oxygen atoms in total. The van der Waals surface area contributed by atoms with E-state index in [1.165, 1.54) is 6.42 Å². The molecule has 3 aliphatic rings. The maximum Gasteiger partial charge on any atom is 0.225 e. The Labute approximate surface area is 168 Å². The van der Waals surface area contributed by atoms with Crippen LogP contribution in [0.2, 0.25) is 0 Å². The first-order valence-corrected chi connectivity index (χ1v) is 10.8. The summed E-state index contributed by atoms with van der Waals surface area (Å²) in [5.74, 6) is 3.12. The first-order chi connectivity index (χ1) is 13.6. The van der Waals surface area contributed by atoms with Crippen LogP contribution in [0, 0.1) is 23.7 Å². The minimum Gasteiger partial charge on any atom is -0.493 e. The van der Waals surface area contributed by atoms with Crippen LogP contribution in [0.4, 0.5) is 0 Å². The topological polar surface area (TPSA) is 49.9 Å². The highest BCUT2D eigenvalue weighted by molar-refractivity contribution is 5.79. The van der Waals surface area contributed by atoms with Gasteiger partial charge in [-0.15, -0.1) is 0 Å². The van der Waals surface area contributed by atoms with Crippen LogP contribution < -0.4 is 4.74 Å². The third-order valence-electron chi connectivity index (χ3n) is 7.06. The molecular formula is C23H32N2O3. The van der Waals surface area contributed by atoms with Crippen molar-refractivity contribution in [3.8, 4) is 5.75 Å². The van der Waals surface area contributed by atoms with Crippen molar-refractivity contribution in [3.05, 3.63) is 30.3 Å². The number of ether oxygens (including phenoxy) is 1. The molecule has 0 radical (unpaired) electrons. The molecule has 4 rings (SSSR count). The van der Waals surface area contributed by atoms with Crippen molar-refractivity contribution in [1.29, 1.82) is 0 Å². The van der Waals surface area contributed by atoms with Gasteiger partial charge in [0.15, 0.2) is 0 Å². The van der Waals surface area contributed by atoms with Crippen molar-refractivity contribution in [3.63, 3.8) is 0 Å². The van der Waals surface area contributed by atoms with E-state index in [0.29, 0.717) is 36.2 Å². The first-order valence-electron chi connectivity index (χ1n) is 10.8. The van der Waals surface area contributed by atoms with Gasteiger partial charge >= 0.3 is 0 Å². The molecule has 1 aromatic rings. The van der Waals surface area contributed by atoms with Crippen molar-refractivity contribution in [2.75, 3.05) is 32.8 Å². The van der Waals surface area contributed by atoms with Crippen LogP contribution in [-0.4, -0.2) is 54.4 Å². The van der Waals surface area contributed by atoms with Gasteiger partial charge < -0.3 is 14.5 Å². The number of nitrogens with zero attached hydrogens (tertiary/aromatic N) is 2. The van der Waals surface area contributed by atoms with E-state index in [4.69, 9.17) is 4.74 Å². The molecule has 5 heteroatoms. The van der Waals surface area contributed by atoms with Gasteiger partial charge in [-0.1, -0.05) is 24.6 Å². The molecule has 2 amide bonds. The molecule has 152 valence electrons. The maximum atomic E-state index is 12.5. The van der Waals surface area contributed by atoms with E-state index < -0.39 is 0 Å². The number of likely N-dealkylation sites (tertiary alicyclic amines) is 2. The highest BCUT2D eigenvalue weighted by atomic mass is 16.5. The fourth-order valence-electron chi connectivity index (χ4n) is 5.05. The maximum absolute atomic E-state index is 12.5. The van der Waals surface area contributed by atoms with Crippen molar-refractivity contribution in [2.45, 2.75) is 39.0 Å². The van der Waals surface area contributed by atoms with Crippen LogP contribution in [0.3, 0.4) is 0 Å². The highest BCUT2D eigenvalue weighted by Gasteiger charge is 2.41. The Morgan fingerprint density at radius 2 is 1.71 bits per heavy atom. The largest absolute Gasteiger partial charge is 0.493 e. The second-order valence-corrected chi connectivity index (χ2v) is 8.76. The molecule has 28 heavy (non-hydrogen) atoms. The fourth-order valence-corrected chi connectivity index (χ4v) is 5.05. The van der Waals surface area contributed by atoms with E-state index in [2.05, 4.69) is 4.90 Å². The van der Waals surface area contributed by atoms with Gasteiger partial charge in [-0.05, 0) is 49.7 Å². The van der Waals surface area contributed by atoms with E-state index in [0.717, 1.165) is 57.6 Å². The summed E-state index contributed by atoms with van der Waals surface area (Å²) in [5, 5.41) is 0. The molecule has 0 N–H and O–H groups in total. The Balaban J connectivity index is 1.35. The van der Waals surface area contributed by atoms with Crippen LogP contribution in [0.25, 0.3) is 0 Å². The molecule has 2 atom stereocenters. The van der Waals surface area contributed by atoms with Gasteiger partial charge in [0, 0.05) is 44.9 Å². The molecule has 2 heterocycles. The third kappa shape index (κ3) is 4.18. The van der Waals surface area contributed by atoms with Gasteiger partial charge in [0.25, 0.3) is 0 Å². The summed E-state index contributed by atoms with van der Waals surface area (Å²) in [6.07, 6.45) is 5.47. The minimum absolute atomic E-state index is 0.157. The SMILES string of the molecule is CC(=O)N1C[C@@H](COc2ccccc2)[C@H](C2CCN(C(=O)C3CCC3)CC2)C1. The number of piperidine rings is 1. The summed E-state index contributed by atoms with van der Waals surface area (Å²) in [5.41, 5.74) is 0. The first kappa shape index (κ1) is 19.3. The fraction of sp³-hybridized carbons (Fsp3) is 0.652. The molecule has 0 spiro atoms. The lowest BCUT2D eigenvalue weighted by molar-refractivity contribution is -0.139. The zero-order chi connectivity index (χ0) is 19.5. The molecule has 1 aromatic carbocycles. The Bertz CT molecular complexity index is 680. The zero-order valence-electron chi connectivity index (χ0n) is 16.9. The summed E-state index contributed by atoms with van der Waals surface area (Å²) >= 11 is 0. The average molecular weight is 385 g/mol. The van der Waals surface area contributed by atoms with Crippen LogP contribution in [0.5, 0.6) is 5.75 Å². The highest BCUT2D eigenvalue weighted by Crippen LogP contribution is 2.37. The van der Waals surface area contributed by atoms with Crippen LogP contribution in [0.1, 0.15) is 39.0 Å². The molecule has 0 aromatic heterocycles. The monoisotopic (exact) mass is 384 g/mol. The van der Waals surface area contributed by atoms with Crippen molar-refractivity contribution in [1.82, 2.24) is 9.80 Å². The van der Waals surface area contributed by atoms with Gasteiger partial charge in [-0.3, -0.25) is 9.59 Å². The van der Waals surface area contributed by atoms with E-state index in [9.17, 15) is 9.59 Å². The Morgan fingerprint density at radius 1 is 1.00 bits per heavy atom. The summed E-state index contributed by atoms with van der Waals surface area (Å²) in [6.45, 7) is 5.69. The number of benzene rings is 1. The summed E-state index contributed by atoms with van der Waals surface area (Å²) in [7, 11) is 0. The predicted molar refractivity (Wildman–Crippen MR) is 108 cm³/mol.